The summed E-state index contributed by atoms with van der Waals surface area (Å²) in [5.41, 5.74) is 5.44. The highest BCUT2D eigenvalue weighted by Crippen LogP contribution is 2.31. The van der Waals surface area contributed by atoms with E-state index in [2.05, 4.69) is 9.62 Å². The Morgan fingerprint density at radius 1 is 0.964 bits per heavy atom. The number of benzene rings is 2. The van der Waals surface area contributed by atoms with Crippen LogP contribution in [0.5, 0.6) is 0 Å². The van der Waals surface area contributed by atoms with E-state index < -0.39 is 10.0 Å². The first-order valence-corrected chi connectivity index (χ1v) is 11.6. The molecule has 0 radical (unpaired) electrons. The van der Waals surface area contributed by atoms with Gasteiger partial charge in [0.2, 0.25) is 0 Å². The highest BCUT2D eigenvalue weighted by Gasteiger charge is 2.21. The minimum atomic E-state index is -3.60. The molecule has 0 unspecified atom stereocenters. The molecule has 0 fully saturated rings. The van der Waals surface area contributed by atoms with Crippen molar-refractivity contribution in [2.45, 2.75) is 43.4 Å². The SMILES string of the molecule is COCCN1CCCc2ccc(NS(=O)(=O)c3ccc4c(c3)CCCC4)cc21. The molecule has 1 heterocycles. The summed E-state index contributed by atoms with van der Waals surface area (Å²) >= 11 is 0. The van der Waals surface area contributed by atoms with Gasteiger partial charge in [-0.15, -0.1) is 0 Å². The third-order valence-electron chi connectivity index (χ3n) is 5.75. The largest absolute Gasteiger partial charge is 0.383 e. The number of anilines is 2. The van der Waals surface area contributed by atoms with Crippen molar-refractivity contribution < 1.29 is 13.2 Å². The van der Waals surface area contributed by atoms with Crippen LogP contribution in [0.2, 0.25) is 0 Å². The van der Waals surface area contributed by atoms with Gasteiger partial charge in [0.1, 0.15) is 0 Å². The summed E-state index contributed by atoms with van der Waals surface area (Å²) in [6.45, 7) is 2.44. The summed E-state index contributed by atoms with van der Waals surface area (Å²) in [7, 11) is -1.90. The number of ether oxygens (including phenoxy) is 1. The third kappa shape index (κ3) is 4.03. The van der Waals surface area contributed by atoms with Crippen LogP contribution in [0.25, 0.3) is 0 Å². The van der Waals surface area contributed by atoms with Crippen molar-refractivity contribution in [1.82, 2.24) is 0 Å². The minimum Gasteiger partial charge on any atom is -0.383 e. The van der Waals surface area contributed by atoms with Gasteiger partial charge in [-0.2, -0.15) is 0 Å². The monoisotopic (exact) mass is 400 g/mol. The predicted octanol–water partition coefficient (Wildman–Crippen LogP) is 3.77. The molecule has 0 saturated carbocycles. The Morgan fingerprint density at radius 2 is 1.71 bits per heavy atom. The number of hydrogen-bond acceptors (Lipinski definition) is 4. The van der Waals surface area contributed by atoms with Crippen LogP contribution >= 0.6 is 0 Å². The van der Waals surface area contributed by atoms with Gasteiger partial charge in [-0.25, -0.2) is 8.42 Å². The summed E-state index contributed by atoms with van der Waals surface area (Å²) in [6.07, 6.45) is 6.46. The van der Waals surface area contributed by atoms with Crippen molar-refractivity contribution >= 4 is 21.4 Å². The van der Waals surface area contributed by atoms with Gasteiger partial charge in [-0.1, -0.05) is 12.1 Å². The van der Waals surface area contributed by atoms with Gasteiger partial charge in [0, 0.05) is 25.9 Å². The van der Waals surface area contributed by atoms with Crippen LogP contribution in [0.15, 0.2) is 41.3 Å². The Hall–Kier alpha value is -2.05. The van der Waals surface area contributed by atoms with Crippen LogP contribution in [0.4, 0.5) is 11.4 Å². The molecule has 1 aliphatic carbocycles. The van der Waals surface area contributed by atoms with E-state index >= 15 is 0 Å². The summed E-state index contributed by atoms with van der Waals surface area (Å²) in [5, 5.41) is 0. The van der Waals surface area contributed by atoms with E-state index in [1.165, 1.54) is 23.1 Å². The second-order valence-electron chi connectivity index (χ2n) is 7.67. The smallest absolute Gasteiger partial charge is 0.261 e. The Bertz CT molecular complexity index is 956. The average Bonchev–Trinajstić information content (AvgIpc) is 2.71. The molecule has 4 rings (SSSR count). The molecular weight excluding hydrogens is 372 g/mol. The van der Waals surface area contributed by atoms with E-state index in [1.54, 1.807) is 13.2 Å². The molecule has 28 heavy (non-hydrogen) atoms. The van der Waals surface area contributed by atoms with E-state index in [9.17, 15) is 8.42 Å². The molecule has 2 aromatic carbocycles. The topological polar surface area (TPSA) is 58.6 Å². The van der Waals surface area contributed by atoms with E-state index in [0.29, 0.717) is 17.2 Å². The summed E-state index contributed by atoms with van der Waals surface area (Å²) < 4.78 is 33.9. The molecule has 2 aromatic rings. The number of nitrogens with zero attached hydrogens (tertiary/aromatic N) is 1. The molecule has 0 aromatic heterocycles. The first-order chi connectivity index (χ1) is 13.6. The fraction of sp³-hybridized carbons (Fsp3) is 0.455. The van der Waals surface area contributed by atoms with Gasteiger partial charge in [0.05, 0.1) is 17.2 Å². The number of hydrogen-bond donors (Lipinski definition) is 1. The Morgan fingerprint density at radius 3 is 2.54 bits per heavy atom. The van der Waals surface area contributed by atoms with Crippen molar-refractivity contribution in [3.8, 4) is 0 Å². The van der Waals surface area contributed by atoms with Crippen LogP contribution in [-0.2, 0) is 34.0 Å². The van der Waals surface area contributed by atoms with Crippen LogP contribution in [-0.4, -0.2) is 35.2 Å². The highest BCUT2D eigenvalue weighted by molar-refractivity contribution is 7.92. The lowest BCUT2D eigenvalue weighted by Gasteiger charge is -2.31. The average molecular weight is 401 g/mol. The maximum absolute atomic E-state index is 13.0. The Balaban J connectivity index is 1.58. The number of methoxy groups -OCH3 is 1. The zero-order chi connectivity index (χ0) is 19.6. The standard InChI is InChI=1S/C22H28N2O3S/c1-27-14-13-24-12-4-7-18-8-10-20(16-22(18)24)23-28(25,26)21-11-9-17-5-2-3-6-19(17)15-21/h8-11,15-16,23H,2-7,12-14H2,1H3. The molecule has 2 aliphatic rings. The van der Waals surface area contributed by atoms with E-state index in [-0.39, 0.29) is 0 Å². The van der Waals surface area contributed by atoms with Gasteiger partial charge < -0.3 is 9.64 Å². The molecule has 6 heteroatoms. The maximum Gasteiger partial charge on any atom is 0.261 e. The van der Waals surface area contributed by atoms with Crippen molar-refractivity contribution in [2.75, 3.05) is 36.4 Å². The molecule has 1 aliphatic heterocycles. The first-order valence-electron chi connectivity index (χ1n) is 10.1. The number of rotatable bonds is 6. The normalized spacial score (nSPS) is 16.4. The lowest BCUT2D eigenvalue weighted by atomic mass is 9.92. The fourth-order valence-electron chi connectivity index (χ4n) is 4.24. The van der Waals surface area contributed by atoms with Crippen LogP contribution < -0.4 is 9.62 Å². The Kier molecular flexibility index (Phi) is 5.60. The van der Waals surface area contributed by atoms with Crippen molar-refractivity contribution in [3.05, 3.63) is 53.1 Å². The second-order valence-corrected chi connectivity index (χ2v) is 9.35. The number of fused-ring (bicyclic) bond motifs is 2. The minimum absolute atomic E-state index is 0.349. The zero-order valence-electron chi connectivity index (χ0n) is 16.4. The molecule has 150 valence electrons. The highest BCUT2D eigenvalue weighted by atomic mass is 32.2. The summed E-state index contributed by atoms with van der Waals surface area (Å²) in [5.74, 6) is 0. The molecule has 0 spiro atoms. The van der Waals surface area contributed by atoms with Gasteiger partial charge >= 0.3 is 0 Å². The molecule has 0 saturated heterocycles. The number of sulfonamides is 1. The van der Waals surface area contributed by atoms with Crippen molar-refractivity contribution in [2.24, 2.45) is 0 Å². The Labute approximate surface area is 167 Å². The van der Waals surface area contributed by atoms with Gasteiger partial charge in [-0.05, 0) is 79.5 Å². The lowest BCUT2D eigenvalue weighted by Crippen LogP contribution is -2.32. The fourth-order valence-corrected chi connectivity index (χ4v) is 5.34. The number of aryl methyl sites for hydroxylation is 3. The van der Waals surface area contributed by atoms with Gasteiger partial charge in [0.15, 0.2) is 0 Å². The van der Waals surface area contributed by atoms with E-state index in [1.807, 2.05) is 30.3 Å². The molecular formula is C22H28N2O3S. The van der Waals surface area contributed by atoms with Crippen molar-refractivity contribution in [1.29, 1.82) is 0 Å². The summed E-state index contributed by atoms with van der Waals surface area (Å²) in [6, 6.07) is 11.4. The third-order valence-corrected chi connectivity index (χ3v) is 7.13. The zero-order valence-corrected chi connectivity index (χ0v) is 17.2. The molecule has 1 N–H and O–H groups in total. The number of nitrogens with one attached hydrogen (secondary N) is 1. The van der Waals surface area contributed by atoms with Crippen LogP contribution in [0.3, 0.4) is 0 Å². The van der Waals surface area contributed by atoms with Gasteiger partial charge in [0.25, 0.3) is 10.0 Å². The molecule has 0 atom stereocenters. The van der Waals surface area contributed by atoms with E-state index in [0.717, 1.165) is 50.9 Å². The lowest BCUT2D eigenvalue weighted by molar-refractivity contribution is 0.205. The molecule has 0 bridgehead atoms. The van der Waals surface area contributed by atoms with Gasteiger partial charge in [-0.3, -0.25) is 4.72 Å². The van der Waals surface area contributed by atoms with Crippen LogP contribution in [0, 0.1) is 0 Å². The molecule has 5 nitrogen and oxygen atoms in total. The first kappa shape index (κ1) is 19.3. The summed E-state index contributed by atoms with van der Waals surface area (Å²) in [4.78, 5) is 2.63. The molecule has 0 amide bonds. The van der Waals surface area contributed by atoms with E-state index in [4.69, 9.17) is 4.74 Å². The van der Waals surface area contributed by atoms with Crippen molar-refractivity contribution in [3.63, 3.8) is 0 Å². The quantitative estimate of drug-likeness (QED) is 0.802. The van der Waals surface area contributed by atoms with Crippen LogP contribution in [0.1, 0.15) is 36.0 Å². The predicted molar refractivity (Wildman–Crippen MR) is 113 cm³/mol. The second kappa shape index (κ2) is 8.13. The maximum atomic E-state index is 13.0.